The minimum Gasteiger partial charge on any atom is -0.336 e. The maximum absolute atomic E-state index is 12.6. The zero-order valence-corrected chi connectivity index (χ0v) is 11.6. The third-order valence-corrected chi connectivity index (χ3v) is 3.77. The Morgan fingerprint density at radius 2 is 2.21 bits per heavy atom. The van der Waals surface area contributed by atoms with Crippen molar-refractivity contribution >= 4 is 5.91 Å². The van der Waals surface area contributed by atoms with Gasteiger partial charge in [0.25, 0.3) is 5.91 Å². The van der Waals surface area contributed by atoms with Crippen LogP contribution < -0.4 is 5.73 Å². The molecule has 2 N–H and O–H groups in total. The molecule has 19 heavy (non-hydrogen) atoms. The lowest BCUT2D eigenvalue weighted by Gasteiger charge is -2.29. The fourth-order valence-corrected chi connectivity index (χ4v) is 2.77. The normalized spacial score (nSPS) is 15.7. The van der Waals surface area contributed by atoms with E-state index in [2.05, 4.69) is 4.98 Å². The fraction of sp³-hybridized carbons (Fsp3) is 0.600. The summed E-state index contributed by atoms with van der Waals surface area (Å²) in [4.78, 5) is 18.8. The molecule has 1 aromatic heterocycles. The summed E-state index contributed by atoms with van der Waals surface area (Å²) in [6, 6.07) is 4.07. The van der Waals surface area contributed by atoms with Gasteiger partial charge in [-0.25, -0.2) is 0 Å². The standard InChI is InChI=1S/C15H23N3O/c1-12-11-13(7-9-17-12)15(19)18(10-4-8-16)14-5-2-3-6-14/h7,9,11,14H,2-6,8,10,16H2,1H3. The van der Waals surface area contributed by atoms with Crippen LogP contribution in [0, 0.1) is 6.92 Å². The van der Waals surface area contributed by atoms with Crippen molar-refractivity contribution in [2.45, 2.75) is 45.1 Å². The summed E-state index contributed by atoms with van der Waals surface area (Å²) in [5, 5.41) is 0. The summed E-state index contributed by atoms with van der Waals surface area (Å²) in [5.74, 6) is 0.130. The SMILES string of the molecule is Cc1cc(C(=O)N(CCCN)C2CCCC2)ccn1. The van der Waals surface area contributed by atoms with Crippen LogP contribution in [0.3, 0.4) is 0 Å². The average molecular weight is 261 g/mol. The fourth-order valence-electron chi connectivity index (χ4n) is 2.77. The van der Waals surface area contributed by atoms with Gasteiger partial charge in [-0.05, 0) is 44.9 Å². The lowest BCUT2D eigenvalue weighted by molar-refractivity contribution is 0.0680. The second-order valence-corrected chi connectivity index (χ2v) is 5.26. The zero-order chi connectivity index (χ0) is 13.7. The summed E-state index contributed by atoms with van der Waals surface area (Å²) in [5.41, 5.74) is 7.22. The van der Waals surface area contributed by atoms with Crippen molar-refractivity contribution in [2.75, 3.05) is 13.1 Å². The van der Waals surface area contributed by atoms with Gasteiger partial charge in [-0.3, -0.25) is 9.78 Å². The first-order chi connectivity index (χ1) is 9.22. The second-order valence-electron chi connectivity index (χ2n) is 5.26. The minimum atomic E-state index is 0.130. The molecule has 1 fully saturated rings. The van der Waals surface area contributed by atoms with Crippen molar-refractivity contribution in [3.8, 4) is 0 Å². The number of rotatable bonds is 5. The number of hydrogen-bond donors (Lipinski definition) is 1. The molecule has 0 radical (unpaired) electrons. The van der Waals surface area contributed by atoms with Crippen molar-refractivity contribution in [3.63, 3.8) is 0 Å². The van der Waals surface area contributed by atoms with Crippen molar-refractivity contribution in [2.24, 2.45) is 5.73 Å². The molecule has 0 bridgehead atoms. The molecular weight excluding hydrogens is 238 g/mol. The Labute approximate surface area is 115 Å². The molecule has 1 amide bonds. The van der Waals surface area contributed by atoms with E-state index < -0.39 is 0 Å². The number of nitrogens with two attached hydrogens (primary N) is 1. The Morgan fingerprint density at radius 1 is 1.47 bits per heavy atom. The van der Waals surface area contributed by atoms with Gasteiger partial charge in [0.2, 0.25) is 0 Å². The lowest BCUT2D eigenvalue weighted by Crippen LogP contribution is -2.40. The van der Waals surface area contributed by atoms with Gasteiger partial charge in [0, 0.05) is 30.0 Å². The van der Waals surface area contributed by atoms with E-state index in [1.54, 1.807) is 12.3 Å². The smallest absolute Gasteiger partial charge is 0.254 e. The molecule has 2 rings (SSSR count). The summed E-state index contributed by atoms with van der Waals surface area (Å²) in [6.07, 6.45) is 7.28. The molecule has 1 aliphatic rings. The van der Waals surface area contributed by atoms with E-state index in [4.69, 9.17) is 5.73 Å². The number of aromatic nitrogens is 1. The van der Waals surface area contributed by atoms with E-state index in [1.165, 1.54) is 12.8 Å². The topological polar surface area (TPSA) is 59.2 Å². The Morgan fingerprint density at radius 3 is 2.84 bits per heavy atom. The maximum Gasteiger partial charge on any atom is 0.254 e. The van der Waals surface area contributed by atoms with Gasteiger partial charge in [-0.1, -0.05) is 12.8 Å². The van der Waals surface area contributed by atoms with Crippen LogP contribution >= 0.6 is 0 Å². The number of carbonyl (C=O) groups is 1. The Balaban J connectivity index is 2.14. The molecule has 0 atom stereocenters. The number of carbonyl (C=O) groups excluding carboxylic acids is 1. The molecule has 1 aliphatic carbocycles. The maximum atomic E-state index is 12.6. The molecule has 0 spiro atoms. The molecule has 0 aromatic carbocycles. The zero-order valence-electron chi connectivity index (χ0n) is 11.6. The van der Waals surface area contributed by atoms with Crippen molar-refractivity contribution in [3.05, 3.63) is 29.6 Å². The van der Waals surface area contributed by atoms with Crippen LogP contribution in [0.25, 0.3) is 0 Å². The van der Waals surface area contributed by atoms with Gasteiger partial charge < -0.3 is 10.6 Å². The number of pyridine rings is 1. The number of hydrogen-bond acceptors (Lipinski definition) is 3. The third-order valence-electron chi connectivity index (χ3n) is 3.77. The third kappa shape index (κ3) is 3.53. The quantitative estimate of drug-likeness (QED) is 0.883. The number of aryl methyl sites for hydroxylation is 1. The van der Waals surface area contributed by atoms with Gasteiger partial charge in [0.15, 0.2) is 0 Å². The summed E-state index contributed by atoms with van der Waals surface area (Å²) in [6.45, 7) is 3.31. The largest absolute Gasteiger partial charge is 0.336 e. The van der Waals surface area contributed by atoms with Crippen molar-refractivity contribution in [1.29, 1.82) is 0 Å². The van der Waals surface area contributed by atoms with Gasteiger partial charge in [0.1, 0.15) is 0 Å². The first-order valence-corrected chi connectivity index (χ1v) is 7.16. The molecule has 0 aliphatic heterocycles. The first kappa shape index (κ1) is 14.0. The first-order valence-electron chi connectivity index (χ1n) is 7.16. The predicted molar refractivity (Wildman–Crippen MR) is 75.9 cm³/mol. The van der Waals surface area contributed by atoms with Crippen LogP contribution in [0.1, 0.15) is 48.2 Å². The van der Waals surface area contributed by atoms with E-state index >= 15 is 0 Å². The monoisotopic (exact) mass is 261 g/mol. The van der Waals surface area contributed by atoms with Crippen LogP contribution in [0.2, 0.25) is 0 Å². The van der Waals surface area contributed by atoms with Gasteiger partial charge in [0.05, 0.1) is 0 Å². The molecule has 0 unspecified atom stereocenters. The second kappa shape index (κ2) is 6.66. The lowest BCUT2D eigenvalue weighted by atomic mass is 10.1. The molecule has 104 valence electrons. The Hall–Kier alpha value is -1.42. The van der Waals surface area contributed by atoms with E-state index in [0.717, 1.165) is 37.1 Å². The Bertz CT molecular complexity index is 427. The minimum absolute atomic E-state index is 0.130. The van der Waals surface area contributed by atoms with E-state index in [0.29, 0.717) is 12.6 Å². The van der Waals surface area contributed by atoms with Crippen LogP contribution in [0.15, 0.2) is 18.3 Å². The average Bonchev–Trinajstić information content (AvgIpc) is 2.93. The van der Waals surface area contributed by atoms with Gasteiger partial charge in [-0.15, -0.1) is 0 Å². The summed E-state index contributed by atoms with van der Waals surface area (Å²) >= 11 is 0. The highest BCUT2D eigenvalue weighted by molar-refractivity contribution is 5.94. The molecule has 1 heterocycles. The Kier molecular flexibility index (Phi) is 4.91. The highest BCUT2D eigenvalue weighted by Gasteiger charge is 2.26. The van der Waals surface area contributed by atoms with Crippen molar-refractivity contribution in [1.82, 2.24) is 9.88 Å². The van der Waals surface area contributed by atoms with Crippen LogP contribution in [-0.4, -0.2) is 34.9 Å². The number of amides is 1. The van der Waals surface area contributed by atoms with E-state index in [1.807, 2.05) is 17.9 Å². The summed E-state index contributed by atoms with van der Waals surface area (Å²) < 4.78 is 0. The van der Waals surface area contributed by atoms with E-state index in [-0.39, 0.29) is 5.91 Å². The molecule has 1 saturated carbocycles. The summed E-state index contributed by atoms with van der Waals surface area (Å²) in [7, 11) is 0. The van der Waals surface area contributed by atoms with Gasteiger partial charge >= 0.3 is 0 Å². The molecule has 1 aromatic rings. The molecule has 4 nitrogen and oxygen atoms in total. The van der Waals surface area contributed by atoms with Crippen LogP contribution in [0.5, 0.6) is 0 Å². The number of nitrogens with zero attached hydrogens (tertiary/aromatic N) is 2. The highest BCUT2D eigenvalue weighted by atomic mass is 16.2. The highest BCUT2D eigenvalue weighted by Crippen LogP contribution is 2.25. The van der Waals surface area contributed by atoms with Gasteiger partial charge in [-0.2, -0.15) is 0 Å². The molecule has 0 saturated heterocycles. The molecular formula is C15H23N3O. The predicted octanol–water partition coefficient (Wildman–Crippen LogP) is 2.12. The molecule has 4 heteroatoms. The van der Waals surface area contributed by atoms with Crippen LogP contribution in [0.4, 0.5) is 0 Å². The van der Waals surface area contributed by atoms with Crippen molar-refractivity contribution < 1.29 is 4.79 Å². The van der Waals surface area contributed by atoms with E-state index in [9.17, 15) is 4.79 Å². The van der Waals surface area contributed by atoms with Crippen LogP contribution in [-0.2, 0) is 0 Å².